The first-order valence-corrected chi connectivity index (χ1v) is 8.88. The first-order valence-electron chi connectivity index (χ1n) is 8.88. The van der Waals surface area contributed by atoms with Gasteiger partial charge in [-0.25, -0.2) is 19.9 Å². The van der Waals surface area contributed by atoms with Crippen molar-refractivity contribution in [3.8, 4) is 0 Å². The molecule has 1 aliphatic heterocycles. The lowest BCUT2D eigenvalue weighted by Gasteiger charge is -2.38. The highest BCUT2D eigenvalue weighted by Crippen LogP contribution is 2.26. The molecule has 1 aliphatic rings. The van der Waals surface area contributed by atoms with Crippen molar-refractivity contribution in [2.45, 2.75) is 18.9 Å². The molecule has 136 valence electrons. The van der Waals surface area contributed by atoms with Gasteiger partial charge >= 0.3 is 0 Å². The average molecular weight is 352 g/mol. The maximum Gasteiger partial charge on any atom is 0.180 e. The van der Waals surface area contributed by atoms with Gasteiger partial charge in [-0.1, -0.05) is 0 Å². The number of likely N-dealkylation sites (N-methyl/N-ethyl adjacent to an activating group) is 1. The first-order chi connectivity index (χ1) is 12.6. The molecule has 26 heavy (non-hydrogen) atoms. The fourth-order valence-electron chi connectivity index (χ4n) is 3.49. The lowest BCUT2D eigenvalue weighted by atomic mass is 10.0. The molecule has 1 fully saturated rings. The van der Waals surface area contributed by atoms with Crippen molar-refractivity contribution in [1.29, 1.82) is 0 Å². The van der Waals surface area contributed by atoms with E-state index in [4.69, 9.17) is 0 Å². The number of fused-ring (bicyclic) bond motifs is 1. The second-order valence-corrected chi connectivity index (χ2v) is 6.89. The molecule has 0 aliphatic carbocycles. The molecule has 0 aromatic carbocycles. The number of hydrogen-bond donors (Lipinski definition) is 0. The van der Waals surface area contributed by atoms with E-state index in [9.17, 15) is 0 Å². The van der Waals surface area contributed by atoms with E-state index in [1.54, 1.807) is 6.33 Å². The van der Waals surface area contributed by atoms with Crippen molar-refractivity contribution in [1.82, 2.24) is 24.3 Å². The summed E-state index contributed by atoms with van der Waals surface area (Å²) in [5.74, 6) is 2.81. The number of piperidine rings is 1. The van der Waals surface area contributed by atoms with Crippen LogP contribution in [0.1, 0.15) is 12.8 Å². The predicted molar refractivity (Wildman–Crippen MR) is 103 cm³/mol. The topological polar surface area (TPSA) is 65.7 Å². The van der Waals surface area contributed by atoms with Crippen LogP contribution in [-0.2, 0) is 0 Å². The number of imidazole rings is 1. The van der Waals surface area contributed by atoms with Crippen LogP contribution in [0.3, 0.4) is 0 Å². The maximum absolute atomic E-state index is 4.60. The van der Waals surface area contributed by atoms with Crippen molar-refractivity contribution >= 4 is 23.1 Å². The van der Waals surface area contributed by atoms with E-state index in [0.717, 1.165) is 49.0 Å². The van der Waals surface area contributed by atoms with Gasteiger partial charge in [0.25, 0.3) is 0 Å². The van der Waals surface area contributed by atoms with Crippen molar-refractivity contribution in [2.24, 2.45) is 0 Å². The molecular weight excluding hydrogens is 328 g/mol. The van der Waals surface area contributed by atoms with Crippen LogP contribution in [-0.4, -0.2) is 64.6 Å². The Labute approximate surface area is 153 Å². The zero-order valence-corrected chi connectivity index (χ0v) is 15.4. The number of rotatable bonds is 4. The van der Waals surface area contributed by atoms with Crippen molar-refractivity contribution in [3.05, 3.63) is 37.2 Å². The normalized spacial score (nSPS) is 17.5. The van der Waals surface area contributed by atoms with E-state index in [1.807, 2.05) is 54.2 Å². The summed E-state index contributed by atoms with van der Waals surface area (Å²) in [5, 5.41) is 0. The summed E-state index contributed by atoms with van der Waals surface area (Å²) < 4.78 is 2.02. The molecular formula is C18H24N8. The zero-order valence-electron chi connectivity index (χ0n) is 15.4. The summed E-state index contributed by atoms with van der Waals surface area (Å²) in [6.07, 6.45) is 11.4. The molecule has 8 heteroatoms. The minimum atomic E-state index is 0.366. The second kappa shape index (κ2) is 6.78. The van der Waals surface area contributed by atoms with Crippen LogP contribution in [0.15, 0.2) is 37.2 Å². The summed E-state index contributed by atoms with van der Waals surface area (Å²) in [5.41, 5.74) is 0.910. The third kappa shape index (κ3) is 3.02. The van der Waals surface area contributed by atoms with Gasteiger partial charge in [-0.05, 0) is 12.8 Å². The Balaban J connectivity index is 1.57. The molecule has 1 atom stereocenters. The molecule has 3 aromatic rings. The second-order valence-electron chi connectivity index (χ2n) is 6.89. The summed E-state index contributed by atoms with van der Waals surface area (Å²) in [6.45, 7) is 1.90. The fourth-order valence-corrected chi connectivity index (χ4v) is 3.49. The Bertz CT molecular complexity index is 890. The van der Waals surface area contributed by atoms with E-state index in [2.05, 4.69) is 36.8 Å². The van der Waals surface area contributed by atoms with Gasteiger partial charge in [0.1, 0.15) is 18.0 Å². The molecule has 8 nitrogen and oxygen atoms in total. The van der Waals surface area contributed by atoms with Gasteiger partial charge in [0, 0.05) is 71.1 Å². The van der Waals surface area contributed by atoms with Crippen LogP contribution in [0.2, 0.25) is 0 Å². The van der Waals surface area contributed by atoms with Crippen LogP contribution >= 0.6 is 0 Å². The molecule has 0 saturated carbocycles. The van der Waals surface area contributed by atoms with Gasteiger partial charge < -0.3 is 19.1 Å². The minimum Gasteiger partial charge on any atom is -0.363 e. The quantitative estimate of drug-likeness (QED) is 0.708. The van der Waals surface area contributed by atoms with Crippen LogP contribution in [0.4, 0.5) is 17.5 Å². The highest BCUT2D eigenvalue weighted by atomic mass is 15.3. The van der Waals surface area contributed by atoms with Crippen LogP contribution < -0.4 is 14.7 Å². The Morgan fingerprint density at radius 1 is 1.00 bits per heavy atom. The fraction of sp³-hybridized carbons (Fsp3) is 0.444. The molecule has 0 bridgehead atoms. The lowest BCUT2D eigenvalue weighted by Crippen LogP contribution is -2.47. The highest BCUT2D eigenvalue weighted by molar-refractivity contribution is 5.64. The van der Waals surface area contributed by atoms with E-state index < -0.39 is 0 Å². The van der Waals surface area contributed by atoms with Crippen LogP contribution in [0.25, 0.3) is 5.65 Å². The van der Waals surface area contributed by atoms with E-state index >= 15 is 0 Å². The molecule has 0 N–H and O–H groups in total. The smallest absolute Gasteiger partial charge is 0.180 e. The Kier molecular flexibility index (Phi) is 4.32. The monoisotopic (exact) mass is 352 g/mol. The molecule has 4 heterocycles. The minimum absolute atomic E-state index is 0.366. The number of hydrogen-bond acceptors (Lipinski definition) is 7. The average Bonchev–Trinajstić information content (AvgIpc) is 3.16. The molecule has 0 spiro atoms. The Morgan fingerprint density at radius 3 is 2.58 bits per heavy atom. The van der Waals surface area contributed by atoms with Crippen molar-refractivity contribution < 1.29 is 0 Å². The van der Waals surface area contributed by atoms with E-state index in [0.29, 0.717) is 6.04 Å². The van der Waals surface area contributed by atoms with Gasteiger partial charge in [0.15, 0.2) is 11.5 Å². The van der Waals surface area contributed by atoms with Crippen LogP contribution in [0.5, 0.6) is 0 Å². The summed E-state index contributed by atoms with van der Waals surface area (Å²) in [7, 11) is 6.09. The van der Waals surface area contributed by atoms with Gasteiger partial charge in [-0.2, -0.15) is 0 Å². The number of aromatic nitrogens is 5. The maximum atomic E-state index is 4.60. The summed E-state index contributed by atoms with van der Waals surface area (Å²) in [4.78, 5) is 24.4. The largest absolute Gasteiger partial charge is 0.363 e. The van der Waals surface area contributed by atoms with Gasteiger partial charge in [0.2, 0.25) is 0 Å². The molecule has 0 amide bonds. The zero-order chi connectivity index (χ0) is 18.1. The lowest BCUT2D eigenvalue weighted by molar-refractivity contribution is 0.483. The van der Waals surface area contributed by atoms with E-state index in [1.165, 1.54) is 0 Å². The molecule has 1 unspecified atom stereocenters. The van der Waals surface area contributed by atoms with Crippen LogP contribution in [0, 0.1) is 0 Å². The van der Waals surface area contributed by atoms with Gasteiger partial charge in [-0.3, -0.25) is 0 Å². The number of anilines is 3. The van der Waals surface area contributed by atoms with E-state index in [-0.39, 0.29) is 0 Å². The highest BCUT2D eigenvalue weighted by Gasteiger charge is 2.26. The van der Waals surface area contributed by atoms with Gasteiger partial charge in [0.05, 0.1) is 0 Å². The Morgan fingerprint density at radius 2 is 1.77 bits per heavy atom. The Hall–Kier alpha value is -2.90. The molecule has 0 radical (unpaired) electrons. The third-order valence-electron chi connectivity index (χ3n) is 4.99. The molecule has 4 rings (SSSR count). The third-order valence-corrected chi connectivity index (χ3v) is 4.99. The predicted octanol–water partition coefficient (Wildman–Crippen LogP) is 1.69. The standard InChI is InChI=1S/C18H24N8/c1-23(2)15-11-16(22-13-21-15)24(3)14-5-4-8-26(12-14)18-17-19-6-9-25(17)10-7-20-18/h6-7,9-11,13-14H,4-5,8,12H2,1-3H3. The molecule has 1 saturated heterocycles. The van der Waals surface area contributed by atoms with Gasteiger partial charge in [-0.15, -0.1) is 0 Å². The first kappa shape index (κ1) is 16.6. The summed E-state index contributed by atoms with van der Waals surface area (Å²) in [6, 6.07) is 2.40. The summed E-state index contributed by atoms with van der Waals surface area (Å²) >= 11 is 0. The molecule has 3 aromatic heterocycles. The number of nitrogens with zero attached hydrogens (tertiary/aromatic N) is 8. The van der Waals surface area contributed by atoms with Crippen molar-refractivity contribution in [3.63, 3.8) is 0 Å². The SMILES string of the molecule is CN(C)c1cc(N(C)C2CCCN(c3nccn4ccnc34)C2)ncn1. The van der Waals surface area contributed by atoms with Crippen molar-refractivity contribution in [2.75, 3.05) is 48.9 Å².